The van der Waals surface area contributed by atoms with E-state index >= 15 is 0 Å². The predicted octanol–water partition coefficient (Wildman–Crippen LogP) is 3.36. The summed E-state index contributed by atoms with van der Waals surface area (Å²) < 4.78 is 5.25. The second-order valence-electron chi connectivity index (χ2n) is 6.30. The van der Waals surface area contributed by atoms with Gasteiger partial charge in [0, 0.05) is 43.2 Å². The molecule has 0 radical (unpaired) electrons. The number of aromatic nitrogens is 1. The molecular formula is C19H25N3O2S. The molecule has 2 heterocycles. The van der Waals surface area contributed by atoms with Crippen LogP contribution in [0.4, 0.5) is 0 Å². The summed E-state index contributed by atoms with van der Waals surface area (Å²) in [5.74, 6) is 2.00. The Labute approximate surface area is 153 Å². The molecule has 0 unspecified atom stereocenters. The van der Waals surface area contributed by atoms with E-state index in [1.807, 2.05) is 43.0 Å². The SMILES string of the molecule is CCSc1ccccc1C(=O)N1CCN(Cc2c(C)noc2C)CC1. The Balaban J connectivity index is 1.61. The maximum Gasteiger partial charge on any atom is 0.255 e. The van der Waals surface area contributed by atoms with Crippen molar-refractivity contribution in [3.05, 3.63) is 46.8 Å². The molecule has 0 atom stereocenters. The first-order valence-electron chi connectivity index (χ1n) is 8.75. The highest BCUT2D eigenvalue weighted by Crippen LogP contribution is 2.24. The number of rotatable bonds is 5. The van der Waals surface area contributed by atoms with Crippen molar-refractivity contribution in [1.29, 1.82) is 0 Å². The molecule has 1 fully saturated rings. The third-order valence-corrected chi connectivity index (χ3v) is 5.60. The van der Waals surface area contributed by atoms with Gasteiger partial charge in [-0.15, -0.1) is 11.8 Å². The van der Waals surface area contributed by atoms with Gasteiger partial charge in [0.2, 0.25) is 0 Å². The lowest BCUT2D eigenvalue weighted by Gasteiger charge is -2.35. The molecule has 1 aromatic carbocycles. The minimum absolute atomic E-state index is 0.147. The summed E-state index contributed by atoms with van der Waals surface area (Å²) in [6.45, 7) is 10.1. The fourth-order valence-corrected chi connectivity index (χ4v) is 3.95. The van der Waals surface area contributed by atoms with Gasteiger partial charge in [0.15, 0.2) is 0 Å². The topological polar surface area (TPSA) is 49.6 Å². The van der Waals surface area contributed by atoms with Crippen LogP contribution in [0.15, 0.2) is 33.7 Å². The fourth-order valence-electron chi connectivity index (χ4n) is 3.16. The summed E-state index contributed by atoms with van der Waals surface area (Å²) in [5, 5.41) is 4.02. The first-order chi connectivity index (χ1) is 12.1. The van der Waals surface area contributed by atoms with Crippen LogP contribution in [0.3, 0.4) is 0 Å². The van der Waals surface area contributed by atoms with Crippen LogP contribution in [0.1, 0.15) is 34.3 Å². The highest BCUT2D eigenvalue weighted by molar-refractivity contribution is 7.99. The van der Waals surface area contributed by atoms with Crippen LogP contribution in [-0.2, 0) is 6.54 Å². The number of carbonyl (C=O) groups is 1. The van der Waals surface area contributed by atoms with Crippen LogP contribution >= 0.6 is 11.8 Å². The quantitative estimate of drug-likeness (QED) is 0.766. The summed E-state index contributed by atoms with van der Waals surface area (Å²) in [6, 6.07) is 7.92. The zero-order chi connectivity index (χ0) is 17.8. The van der Waals surface area contributed by atoms with Crippen LogP contribution in [-0.4, -0.2) is 52.8 Å². The zero-order valence-electron chi connectivity index (χ0n) is 15.1. The molecule has 3 rings (SSSR count). The van der Waals surface area contributed by atoms with Crippen LogP contribution in [0.5, 0.6) is 0 Å². The summed E-state index contributed by atoms with van der Waals surface area (Å²) in [7, 11) is 0. The monoisotopic (exact) mass is 359 g/mol. The molecule has 25 heavy (non-hydrogen) atoms. The summed E-state index contributed by atoms with van der Waals surface area (Å²) >= 11 is 1.73. The molecule has 2 aromatic rings. The fraction of sp³-hybridized carbons (Fsp3) is 0.474. The first-order valence-corrected chi connectivity index (χ1v) is 9.74. The van der Waals surface area contributed by atoms with E-state index in [0.29, 0.717) is 0 Å². The molecule has 0 N–H and O–H groups in total. The maximum absolute atomic E-state index is 12.9. The maximum atomic E-state index is 12.9. The van der Waals surface area contributed by atoms with E-state index in [9.17, 15) is 4.79 Å². The number of hydrogen-bond donors (Lipinski definition) is 0. The second kappa shape index (κ2) is 8.06. The van der Waals surface area contributed by atoms with Crippen LogP contribution in [0.2, 0.25) is 0 Å². The average Bonchev–Trinajstić information content (AvgIpc) is 2.94. The predicted molar refractivity (Wildman–Crippen MR) is 100.0 cm³/mol. The average molecular weight is 359 g/mol. The largest absolute Gasteiger partial charge is 0.361 e. The smallest absolute Gasteiger partial charge is 0.255 e. The molecule has 1 aliphatic heterocycles. The van der Waals surface area contributed by atoms with Crippen molar-refractivity contribution < 1.29 is 9.32 Å². The second-order valence-corrected chi connectivity index (χ2v) is 7.61. The van der Waals surface area contributed by atoms with E-state index in [4.69, 9.17) is 4.52 Å². The zero-order valence-corrected chi connectivity index (χ0v) is 15.9. The third-order valence-electron chi connectivity index (χ3n) is 4.64. The van der Waals surface area contributed by atoms with Gasteiger partial charge < -0.3 is 9.42 Å². The van der Waals surface area contributed by atoms with Gasteiger partial charge in [0.05, 0.1) is 11.3 Å². The van der Waals surface area contributed by atoms with Gasteiger partial charge in [0.25, 0.3) is 5.91 Å². The van der Waals surface area contributed by atoms with Crippen molar-refractivity contribution in [1.82, 2.24) is 15.0 Å². The highest BCUT2D eigenvalue weighted by Gasteiger charge is 2.24. The summed E-state index contributed by atoms with van der Waals surface area (Å²) in [6.07, 6.45) is 0. The Kier molecular flexibility index (Phi) is 5.81. The van der Waals surface area contributed by atoms with Gasteiger partial charge in [-0.25, -0.2) is 0 Å². The van der Waals surface area contributed by atoms with Gasteiger partial charge in [-0.2, -0.15) is 0 Å². The molecule has 0 bridgehead atoms. The number of nitrogens with zero attached hydrogens (tertiary/aromatic N) is 3. The Morgan fingerprint density at radius 1 is 1.20 bits per heavy atom. The number of benzene rings is 1. The molecule has 0 spiro atoms. The van der Waals surface area contributed by atoms with E-state index in [-0.39, 0.29) is 5.91 Å². The third kappa shape index (κ3) is 4.07. The molecule has 1 aromatic heterocycles. The number of aryl methyl sites for hydroxylation is 2. The Hall–Kier alpha value is -1.79. The van der Waals surface area contributed by atoms with Gasteiger partial charge in [-0.05, 0) is 31.7 Å². The van der Waals surface area contributed by atoms with Crippen LogP contribution in [0.25, 0.3) is 0 Å². The van der Waals surface area contributed by atoms with Crippen molar-refractivity contribution in [3.63, 3.8) is 0 Å². The van der Waals surface area contributed by atoms with Gasteiger partial charge in [-0.1, -0.05) is 24.2 Å². The van der Waals surface area contributed by atoms with E-state index in [2.05, 4.69) is 17.0 Å². The molecule has 134 valence electrons. The van der Waals surface area contributed by atoms with Crippen LogP contribution in [0, 0.1) is 13.8 Å². The van der Waals surface area contributed by atoms with Gasteiger partial charge >= 0.3 is 0 Å². The van der Waals surface area contributed by atoms with E-state index in [1.54, 1.807) is 11.8 Å². The molecular weight excluding hydrogens is 334 g/mol. The molecule has 1 aliphatic rings. The standard InChI is InChI=1S/C19H25N3O2S/c1-4-25-18-8-6-5-7-16(18)19(23)22-11-9-21(10-12-22)13-17-14(2)20-24-15(17)3/h5-8H,4,9-13H2,1-3H3. The Morgan fingerprint density at radius 2 is 1.92 bits per heavy atom. The number of carbonyl (C=O) groups excluding carboxylic acids is 1. The normalized spacial score (nSPS) is 15.6. The number of hydrogen-bond acceptors (Lipinski definition) is 5. The van der Waals surface area contributed by atoms with Crippen LogP contribution < -0.4 is 0 Å². The van der Waals surface area contributed by atoms with Gasteiger partial charge in [0.1, 0.15) is 5.76 Å². The minimum atomic E-state index is 0.147. The van der Waals surface area contributed by atoms with Crippen molar-refractivity contribution in [2.24, 2.45) is 0 Å². The van der Waals surface area contributed by atoms with Crippen molar-refractivity contribution in [3.8, 4) is 0 Å². The molecule has 0 aliphatic carbocycles. The lowest BCUT2D eigenvalue weighted by molar-refractivity contribution is 0.0624. The van der Waals surface area contributed by atoms with Crippen molar-refractivity contribution in [2.75, 3.05) is 31.9 Å². The minimum Gasteiger partial charge on any atom is -0.361 e. The lowest BCUT2D eigenvalue weighted by atomic mass is 10.1. The molecule has 1 saturated heterocycles. The highest BCUT2D eigenvalue weighted by atomic mass is 32.2. The van der Waals surface area contributed by atoms with E-state index in [1.165, 1.54) is 5.56 Å². The Bertz CT molecular complexity index is 717. The summed E-state index contributed by atoms with van der Waals surface area (Å²) in [4.78, 5) is 18.3. The number of thioether (sulfide) groups is 1. The molecule has 1 amide bonds. The lowest BCUT2D eigenvalue weighted by Crippen LogP contribution is -2.48. The molecule has 6 heteroatoms. The first kappa shape index (κ1) is 18.0. The van der Waals surface area contributed by atoms with Gasteiger partial charge in [-0.3, -0.25) is 9.69 Å². The summed E-state index contributed by atoms with van der Waals surface area (Å²) in [5.41, 5.74) is 2.96. The molecule has 0 saturated carbocycles. The van der Waals surface area contributed by atoms with Crippen molar-refractivity contribution >= 4 is 17.7 Å². The van der Waals surface area contributed by atoms with E-state index < -0.39 is 0 Å². The number of amides is 1. The molecule has 5 nitrogen and oxygen atoms in total. The van der Waals surface area contributed by atoms with E-state index in [0.717, 1.165) is 60.4 Å². The number of piperazine rings is 1. The van der Waals surface area contributed by atoms with Crippen molar-refractivity contribution in [2.45, 2.75) is 32.2 Å². The Morgan fingerprint density at radius 3 is 2.56 bits per heavy atom.